The van der Waals surface area contributed by atoms with Crippen molar-refractivity contribution in [3.63, 3.8) is 0 Å². The molecule has 2 heteroatoms. The van der Waals surface area contributed by atoms with Crippen molar-refractivity contribution in [2.75, 3.05) is 0 Å². The molecule has 1 heterocycles. The van der Waals surface area contributed by atoms with Crippen LogP contribution in [0.1, 0.15) is 15.2 Å². The molecule has 0 bridgehead atoms. The fourth-order valence-corrected chi connectivity index (χ4v) is 1.23. The molecule has 0 amide bonds. The Hall–Kier alpha value is -0.890. The van der Waals surface area contributed by atoms with E-state index in [4.69, 9.17) is 0 Å². The predicted molar refractivity (Wildman–Crippen MR) is 39.8 cm³/mol. The molecule has 1 aromatic heterocycles. The van der Waals surface area contributed by atoms with Crippen molar-refractivity contribution in [2.45, 2.75) is 0 Å². The smallest absolute Gasteiger partial charge is 0.150 e. The number of thiophene rings is 1. The highest BCUT2D eigenvalue weighted by molar-refractivity contribution is 7.11. The van der Waals surface area contributed by atoms with E-state index in [0.717, 1.165) is 16.7 Å². The fraction of sp³-hybridized carbons (Fsp3) is 0. The van der Waals surface area contributed by atoms with Gasteiger partial charge in [0.2, 0.25) is 0 Å². The molecule has 1 rings (SSSR count). The van der Waals surface area contributed by atoms with Gasteiger partial charge in [-0.25, -0.2) is 0 Å². The zero-order valence-electron chi connectivity index (χ0n) is 4.83. The minimum Gasteiger partial charge on any atom is -0.298 e. The number of hydrogen-bond donors (Lipinski definition) is 0. The molecule has 0 atom stereocenters. The van der Waals surface area contributed by atoms with Crippen LogP contribution in [0.15, 0.2) is 18.0 Å². The van der Waals surface area contributed by atoms with Crippen LogP contribution in [0.2, 0.25) is 0 Å². The molecular formula is C7H6OS. The van der Waals surface area contributed by atoms with Crippen LogP contribution < -0.4 is 0 Å². The molecule has 0 saturated carbocycles. The molecule has 0 aliphatic heterocycles. The summed E-state index contributed by atoms with van der Waals surface area (Å²) < 4.78 is 0. The average Bonchev–Trinajstić information content (AvgIpc) is 2.34. The third-order valence-corrected chi connectivity index (χ3v) is 1.92. The highest BCUT2D eigenvalue weighted by atomic mass is 32.1. The van der Waals surface area contributed by atoms with E-state index in [0.29, 0.717) is 0 Å². The van der Waals surface area contributed by atoms with Crippen molar-refractivity contribution in [1.29, 1.82) is 0 Å². The fourth-order valence-electron chi connectivity index (χ4n) is 0.537. The number of aldehydes is 1. The van der Waals surface area contributed by atoms with E-state index >= 15 is 0 Å². The SMILES string of the molecule is C=Cc1cc(C=O)cs1. The Kier molecular flexibility index (Phi) is 1.80. The van der Waals surface area contributed by atoms with E-state index in [2.05, 4.69) is 6.58 Å². The van der Waals surface area contributed by atoms with Gasteiger partial charge in [-0.2, -0.15) is 0 Å². The first kappa shape index (κ1) is 6.23. The van der Waals surface area contributed by atoms with Gasteiger partial charge in [-0.15, -0.1) is 11.3 Å². The molecule has 0 spiro atoms. The van der Waals surface area contributed by atoms with Crippen molar-refractivity contribution < 1.29 is 4.79 Å². The van der Waals surface area contributed by atoms with E-state index in [-0.39, 0.29) is 0 Å². The largest absolute Gasteiger partial charge is 0.298 e. The molecular weight excluding hydrogens is 132 g/mol. The molecule has 1 aromatic rings. The second-order valence-corrected chi connectivity index (χ2v) is 2.55. The van der Waals surface area contributed by atoms with Gasteiger partial charge in [0.15, 0.2) is 6.29 Å². The van der Waals surface area contributed by atoms with Gasteiger partial charge in [-0.1, -0.05) is 12.7 Å². The summed E-state index contributed by atoms with van der Waals surface area (Å²) in [6.45, 7) is 3.57. The van der Waals surface area contributed by atoms with Crippen molar-refractivity contribution >= 4 is 23.7 Å². The Morgan fingerprint density at radius 1 is 1.67 bits per heavy atom. The summed E-state index contributed by atoms with van der Waals surface area (Å²) >= 11 is 1.52. The molecule has 46 valence electrons. The molecule has 0 N–H and O–H groups in total. The Labute approximate surface area is 57.6 Å². The van der Waals surface area contributed by atoms with E-state index < -0.39 is 0 Å². The lowest BCUT2D eigenvalue weighted by Crippen LogP contribution is -1.66. The number of rotatable bonds is 2. The Bertz CT molecular complexity index is 202. The van der Waals surface area contributed by atoms with Gasteiger partial charge in [-0.3, -0.25) is 4.79 Å². The van der Waals surface area contributed by atoms with Crippen LogP contribution in [-0.4, -0.2) is 6.29 Å². The molecule has 1 nitrogen and oxygen atoms in total. The predicted octanol–water partition coefficient (Wildman–Crippen LogP) is 2.20. The summed E-state index contributed by atoms with van der Waals surface area (Å²) in [5, 5.41) is 1.81. The monoisotopic (exact) mass is 138 g/mol. The second kappa shape index (κ2) is 2.60. The summed E-state index contributed by atoms with van der Waals surface area (Å²) in [5.41, 5.74) is 0.731. The second-order valence-electron chi connectivity index (χ2n) is 1.60. The van der Waals surface area contributed by atoms with Crippen LogP contribution in [0.25, 0.3) is 6.08 Å². The van der Waals surface area contributed by atoms with Crippen LogP contribution >= 0.6 is 11.3 Å². The third-order valence-electron chi connectivity index (χ3n) is 0.977. The van der Waals surface area contributed by atoms with Crippen LogP contribution in [0.3, 0.4) is 0 Å². The summed E-state index contributed by atoms with van der Waals surface area (Å²) in [4.78, 5) is 11.1. The summed E-state index contributed by atoms with van der Waals surface area (Å²) in [6.07, 6.45) is 2.57. The lowest BCUT2D eigenvalue weighted by molar-refractivity contribution is 0.112. The van der Waals surface area contributed by atoms with E-state index in [1.54, 1.807) is 6.08 Å². The number of carbonyl (C=O) groups is 1. The maximum absolute atomic E-state index is 10.1. The molecule has 9 heavy (non-hydrogen) atoms. The Morgan fingerprint density at radius 2 is 2.44 bits per heavy atom. The van der Waals surface area contributed by atoms with Crippen LogP contribution in [0, 0.1) is 0 Å². The highest BCUT2D eigenvalue weighted by Crippen LogP contribution is 2.13. The first-order valence-electron chi connectivity index (χ1n) is 2.53. The van der Waals surface area contributed by atoms with Crippen LogP contribution in [0.5, 0.6) is 0 Å². The molecule has 0 radical (unpaired) electrons. The highest BCUT2D eigenvalue weighted by Gasteiger charge is 1.91. The minimum absolute atomic E-state index is 0.731. The lowest BCUT2D eigenvalue weighted by atomic mass is 10.3. The third kappa shape index (κ3) is 1.27. The van der Waals surface area contributed by atoms with E-state index in [1.165, 1.54) is 11.3 Å². The summed E-state index contributed by atoms with van der Waals surface area (Å²) in [5.74, 6) is 0. The summed E-state index contributed by atoms with van der Waals surface area (Å²) in [6, 6.07) is 1.81. The average molecular weight is 138 g/mol. The van der Waals surface area contributed by atoms with Crippen molar-refractivity contribution in [3.05, 3.63) is 28.5 Å². The minimum atomic E-state index is 0.731. The quantitative estimate of drug-likeness (QED) is 0.572. The van der Waals surface area contributed by atoms with Crippen molar-refractivity contribution in [3.8, 4) is 0 Å². The van der Waals surface area contributed by atoms with Gasteiger partial charge in [0.25, 0.3) is 0 Å². The van der Waals surface area contributed by atoms with Gasteiger partial charge < -0.3 is 0 Å². The molecule has 0 aromatic carbocycles. The van der Waals surface area contributed by atoms with Gasteiger partial charge in [0.05, 0.1) is 0 Å². The number of hydrogen-bond acceptors (Lipinski definition) is 2. The lowest BCUT2D eigenvalue weighted by Gasteiger charge is -1.73. The zero-order valence-corrected chi connectivity index (χ0v) is 5.65. The summed E-state index contributed by atoms with van der Waals surface area (Å²) in [7, 11) is 0. The maximum Gasteiger partial charge on any atom is 0.150 e. The normalized spacial score (nSPS) is 8.89. The molecule has 0 aliphatic rings. The van der Waals surface area contributed by atoms with Crippen LogP contribution in [0.4, 0.5) is 0 Å². The first-order valence-corrected chi connectivity index (χ1v) is 3.41. The van der Waals surface area contributed by atoms with Gasteiger partial charge in [0, 0.05) is 15.8 Å². The van der Waals surface area contributed by atoms with Crippen LogP contribution in [-0.2, 0) is 0 Å². The van der Waals surface area contributed by atoms with Gasteiger partial charge in [-0.05, 0) is 6.07 Å². The molecule has 0 fully saturated rings. The Morgan fingerprint density at radius 3 is 2.78 bits per heavy atom. The maximum atomic E-state index is 10.1. The topological polar surface area (TPSA) is 17.1 Å². The first-order chi connectivity index (χ1) is 4.36. The van der Waals surface area contributed by atoms with Crippen molar-refractivity contribution in [1.82, 2.24) is 0 Å². The zero-order chi connectivity index (χ0) is 6.69. The molecule has 0 unspecified atom stereocenters. The van der Waals surface area contributed by atoms with E-state index in [1.807, 2.05) is 11.4 Å². The standard InChI is InChI=1S/C7H6OS/c1-2-7-3-6(4-8)5-9-7/h2-5H,1H2. The van der Waals surface area contributed by atoms with E-state index in [9.17, 15) is 4.79 Å². The molecule has 0 aliphatic carbocycles. The number of carbonyl (C=O) groups excluding carboxylic acids is 1. The Balaban J connectivity index is 2.98. The van der Waals surface area contributed by atoms with Gasteiger partial charge in [0.1, 0.15) is 0 Å². The molecule has 0 saturated heterocycles. The van der Waals surface area contributed by atoms with Gasteiger partial charge >= 0.3 is 0 Å². The van der Waals surface area contributed by atoms with Crippen molar-refractivity contribution in [2.24, 2.45) is 0 Å².